The molecule has 3 aromatic rings. The van der Waals surface area contributed by atoms with Gasteiger partial charge in [-0.25, -0.2) is 4.98 Å². The zero-order valence-corrected chi connectivity index (χ0v) is 11.2. The molecule has 0 bridgehead atoms. The van der Waals surface area contributed by atoms with Crippen LogP contribution in [0, 0.1) is 3.57 Å². The number of imidazole rings is 1. The highest BCUT2D eigenvalue weighted by molar-refractivity contribution is 14.1. The molecular weight excluding hydrogens is 345 g/mol. The normalized spacial score (nSPS) is 10.9. The first kappa shape index (κ1) is 11.2. The smallest absolute Gasteiger partial charge is 0.277 e. The lowest BCUT2D eigenvalue weighted by molar-refractivity contribution is 1.08. The van der Waals surface area contributed by atoms with E-state index >= 15 is 0 Å². The molecule has 0 saturated heterocycles. The van der Waals surface area contributed by atoms with Gasteiger partial charge in [0.1, 0.15) is 0 Å². The quantitative estimate of drug-likeness (QED) is 0.646. The van der Waals surface area contributed by atoms with Crippen molar-refractivity contribution in [1.29, 1.82) is 0 Å². The third kappa shape index (κ3) is 1.58. The number of H-pyrrole nitrogens is 1. The molecule has 0 radical (unpaired) electrons. The molecule has 3 N–H and O–H groups in total. The molecule has 1 aromatic carbocycles. The van der Waals surface area contributed by atoms with E-state index in [4.69, 9.17) is 5.73 Å². The highest BCUT2D eigenvalue weighted by Gasteiger charge is 2.15. The number of nitrogens with one attached hydrogen (secondary N) is 1. The van der Waals surface area contributed by atoms with Gasteiger partial charge in [0.15, 0.2) is 11.2 Å². The number of nitrogens with zero attached hydrogens (tertiary/aromatic N) is 3. The third-order valence-electron chi connectivity index (χ3n) is 2.58. The van der Waals surface area contributed by atoms with Crippen LogP contribution in [-0.4, -0.2) is 19.5 Å². The van der Waals surface area contributed by atoms with Gasteiger partial charge in [0, 0.05) is 3.57 Å². The van der Waals surface area contributed by atoms with Crippen LogP contribution in [0.15, 0.2) is 35.4 Å². The van der Waals surface area contributed by atoms with Crippen molar-refractivity contribution in [3.63, 3.8) is 0 Å². The highest BCUT2D eigenvalue weighted by atomic mass is 127. The van der Waals surface area contributed by atoms with Gasteiger partial charge in [-0.05, 0) is 34.7 Å². The number of hydrogen-bond donors (Lipinski definition) is 2. The van der Waals surface area contributed by atoms with Crippen molar-refractivity contribution < 1.29 is 0 Å². The van der Waals surface area contributed by atoms with Gasteiger partial charge in [-0.1, -0.05) is 12.1 Å². The zero-order chi connectivity index (χ0) is 12.7. The second-order valence-electron chi connectivity index (χ2n) is 3.66. The predicted octanol–water partition coefficient (Wildman–Crippen LogP) is 1.30. The largest absolute Gasteiger partial charge is 0.369 e. The number of fused-ring (bicyclic) bond motifs is 1. The molecule has 0 aliphatic carbocycles. The Balaban J connectivity index is 2.47. The molecule has 0 spiro atoms. The zero-order valence-electron chi connectivity index (χ0n) is 9.09. The minimum atomic E-state index is -0.260. The Hall–Kier alpha value is -1.90. The molecule has 0 aliphatic rings. The number of rotatable bonds is 1. The summed E-state index contributed by atoms with van der Waals surface area (Å²) in [6.07, 6.45) is 1.32. The van der Waals surface area contributed by atoms with E-state index in [9.17, 15) is 4.79 Å². The molecule has 3 rings (SSSR count). The average molecular weight is 353 g/mol. The number of para-hydroxylation sites is 1. The standard InChI is InChI=1S/C11H8IN5O/c12-6-3-1-2-4-7(6)17-8-9(16-11(17)13)14-5-15-10(8)18/h1-5H,(H3,13,14,15,16,18). The Labute approximate surface area is 115 Å². The SMILES string of the molecule is Nc1nc2nc[nH]c(=O)c2n1-c1ccccc1I. The van der Waals surface area contributed by atoms with Crippen molar-refractivity contribution in [2.75, 3.05) is 5.73 Å². The van der Waals surface area contributed by atoms with Crippen LogP contribution in [0.1, 0.15) is 0 Å². The van der Waals surface area contributed by atoms with Gasteiger partial charge in [-0.2, -0.15) is 4.98 Å². The van der Waals surface area contributed by atoms with Crippen LogP contribution in [0.2, 0.25) is 0 Å². The van der Waals surface area contributed by atoms with Gasteiger partial charge in [0.05, 0.1) is 12.0 Å². The number of nitrogen functional groups attached to an aromatic ring is 1. The maximum absolute atomic E-state index is 11.9. The van der Waals surface area contributed by atoms with Gasteiger partial charge < -0.3 is 10.7 Å². The van der Waals surface area contributed by atoms with Crippen LogP contribution >= 0.6 is 22.6 Å². The molecule has 2 heterocycles. The molecule has 6 nitrogen and oxygen atoms in total. The monoisotopic (exact) mass is 353 g/mol. The lowest BCUT2D eigenvalue weighted by Crippen LogP contribution is -2.12. The first-order valence-corrected chi connectivity index (χ1v) is 6.23. The number of hydrogen-bond acceptors (Lipinski definition) is 4. The van der Waals surface area contributed by atoms with Crippen molar-refractivity contribution in [2.45, 2.75) is 0 Å². The Morgan fingerprint density at radius 3 is 2.89 bits per heavy atom. The summed E-state index contributed by atoms with van der Waals surface area (Å²) < 4.78 is 2.59. The van der Waals surface area contributed by atoms with Crippen LogP contribution < -0.4 is 11.3 Å². The molecule has 18 heavy (non-hydrogen) atoms. The number of halogens is 1. The minimum Gasteiger partial charge on any atom is -0.369 e. The van der Waals surface area contributed by atoms with Crippen molar-refractivity contribution in [3.8, 4) is 5.69 Å². The van der Waals surface area contributed by atoms with Gasteiger partial charge in [0.2, 0.25) is 5.95 Å². The summed E-state index contributed by atoms with van der Waals surface area (Å²) in [6.45, 7) is 0. The van der Waals surface area contributed by atoms with Crippen molar-refractivity contribution in [1.82, 2.24) is 19.5 Å². The van der Waals surface area contributed by atoms with Gasteiger partial charge in [-0.15, -0.1) is 0 Å². The molecule has 0 unspecified atom stereocenters. The fraction of sp³-hybridized carbons (Fsp3) is 0. The van der Waals surface area contributed by atoms with Crippen molar-refractivity contribution >= 4 is 39.7 Å². The average Bonchev–Trinajstić information content (AvgIpc) is 2.68. The first-order valence-electron chi connectivity index (χ1n) is 5.15. The Bertz CT molecular complexity index is 791. The van der Waals surface area contributed by atoms with E-state index in [-0.39, 0.29) is 11.5 Å². The Morgan fingerprint density at radius 1 is 1.33 bits per heavy atom. The van der Waals surface area contributed by atoms with Crippen molar-refractivity contribution in [2.24, 2.45) is 0 Å². The topological polar surface area (TPSA) is 89.6 Å². The molecular formula is C11H8IN5O. The minimum absolute atomic E-state index is 0.248. The van der Waals surface area contributed by atoms with Gasteiger partial charge >= 0.3 is 0 Å². The van der Waals surface area contributed by atoms with Crippen LogP contribution in [-0.2, 0) is 0 Å². The number of aromatic nitrogens is 4. The fourth-order valence-corrected chi connectivity index (χ4v) is 2.45. The Kier molecular flexibility index (Phi) is 2.54. The molecule has 0 saturated carbocycles. The summed E-state index contributed by atoms with van der Waals surface area (Å²) in [4.78, 5) is 22.5. The summed E-state index contributed by atoms with van der Waals surface area (Å²) in [7, 11) is 0. The summed E-state index contributed by atoms with van der Waals surface area (Å²) in [5.74, 6) is 0.248. The molecule has 0 atom stereocenters. The number of aromatic amines is 1. The van der Waals surface area contributed by atoms with Crippen LogP contribution in [0.4, 0.5) is 5.95 Å². The number of benzene rings is 1. The van der Waals surface area contributed by atoms with Crippen LogP contribution in [0.5, 0.6) is 0 Å². The lowest BCUT2D eigenvalue weighted by Gasteiger charge is -2.07. The van der Waals surface area contributed by atoms with E-state index < -0.39 is 0 Å². The predicted molar refractivity (Wildman–Crippen MR) is 76.6 cm³/mol. The molecule has 0 fully saturated rings. The second kappa shape index (κ2) is 4.09. The number of nitrogens with two attached hydrogens (primary N) is 1. The van der Waals surface area contributed by atoms with E-state index in [0.717, 1.165) is 9.26 Å². The lowest BCUT2D eigenvalue weighted by atomic mass is 10.3. The maximum Gasteiger partial charge on any atom is 0.277 e. The van der Waals surface area contributed by atoms with E-state index in [1.54, 1.807) is 4.57 Å². The second-order valence-corrected chi connectivity index (χ2v) is 4.82. The maximum atomic E-state index is 11.9. The molecule has 90 valence electrons. The summed E-state index contributed by atoms with van der Waals surface area (Å²) in [6, 6.07) is 7.62. The molecule has 7 heteroatoms. The summed E-state index contributed by atoms with van der Waals surface area (Å²) in [5.41, 5.74) is 7.14. The Morgan fingerprint density at radius 2 is 2.11 bits per heavy atom. The summed E-state index contributed by atoms with van der Waals surface area (Å²) >= 11 is 2.19. The number of anilines is 1. The van der Waals surface area contributed by atoms with E-state index in [2.05, 4.69) is 37.5 Å². The van der Waals surface area contributed by atoms with E-state index in [1.165, 1.54) is 6.33 Å². The van der Waals surface area contributed by atoms with Gasteiger partial charge in [0.25, 0.3) is 5.56 Å². The molecule has 2 aromatic heterocycles. The van der Waals surface area contributed by atoms with Gasteiger partial charge in [-0.3, -0.25) is 9.36 Å². The van der Waals surface area contributed by atoms with Crippen LogP contribution in [0.3, 0.4) is 0 Å². The van der Waals surface area contributed by atoms with E-state index in [1.807, 2.05) is 24.3 Å². The van der Waals surface area contributed by atoms with Crippen molar-refractivity contribution in [3.05, 3.63) is 44.5 Å². The third-order valence-corrected chi connectivity index (χ3v) is 3.49. The van der Waals surface area contributed by atoms with E-state index in [0.29, 0.717) is 11.2 Å². The van der Waals surface area contributed by atoms with Crippen LogP contribution in [0.25, 0.3) is 16.9 Å². The molecule has 0 amide bonds. The molecule has 0 aliphatic heterocycles. The summed E-state index contributed by atoms with van der Waals surface area (Å²) in [5, 5.41) is 0. The first-order chi connectivity index (χ1) is 8.68. The fourth-order valence-electron chi connectivity index (χ4n) is 1.82. The highest BCUT2D eigenvalue weighted by Crippen LogP contribution is 2.23.